The summed E-state index contributed by atoms with van der Waals surface area (Å²) < 4.78 is 11.1. The van der Waals surface area contributed by atoms with Crippen molar-refractivity contribution < 1.29 is 14.1 Å². The Balaban J connectivity index is 1.59. The van der Waals surface area contributed by atoms with Gasteiger partial charge in [0.15, 0.2) is 11.4 Å². The summed E-state index contributed by atoms with van der Waals surface area (Å²) in [6, 6.07) is 15.9. The molecule has 0 spiro atoms. The van der Waals surface area contributed by atoms with Crippen molar-refractivity contribution in [2.75, 3.05) is 0 Å². The van der Waals surface area contributed by atoms with E-state index < -0.39 is 5.60 Å². The molecule has 140 valence electrons. The molecule has 0 saturated carbocycles. The van der Waals surface area contributed by atoms with E-state index in [1.54, 1.807) is 56.3 Å². The number of nitrogens with one attached hydrogen (secondary N) is 1. The highest BCUT2D eigenvalue weighted by Crippen LogP contribution is 2.23. The van der Waals surface area contributed by atoms with Crippen molar-refractivity contribution in [3.05, 3.63) is 70.3 Å². The zero-order valence-corrected chi connectivity index (χ0v) is 16.3. The number of halogens is 2. The van der Waals surface area contributed by atoms with Gasteiger partial charge in [0.25, 0.3) is 5.91 Å². The monoisotopic (exact) mass is 404 g/mol. The Morgan fingerprint density at radius 3 is 2.30 bits per heavy atom. The minimum Gasteiger partial charge on any atom is -0.478 e. The second-order valence-electron chi connectivity index (χ2n) is 6.44. The number of benzene rings is 2. The Kier molecular flexibility index (Phi) is 5.73. The van der Waals surface area contributed by atoms with Crippen molar-refractivity contribution in [3.8, 4) is 17.1 Å². The summed E-state index contributed by atoms with van der Waals surface area (Å²) in [5.41, 5.74) is 0.405. The van der Waals surface area contributed by atoms with Crippen LogP contribution < -0.4 is 10.1 Å². The van der Waals surface area contributed by atoms with Gasteiger partial charge >= 0.3 is 0 Å². The summed E-state index contributed by atoms with van der Waals surface area (Å²) in [5.74, 6) is 0.895. The van der Waals surface area contributed by atoms with E-state index in [1.165, 1.54) is 0 Å². The number of nitrogens with zero attached hydrogens (tertiary/aromatic N) is 1. The molecule has 5 nitrogen and oxygen atoms in total. The van der Waals surface area contributed by atoms with Crippen LogP contribution in [0.25, 0.3) is 11.3 Å². The van der Waals surface area contributed by atoms with Gasteiger partial charge in [0.1, 0.15) is 11.4 Å². The number of ether oxygens (including phenoxy) is 1. The van der Waals surface area contributed by atoms with E-state index in [2.05, 4.69) is 10.5 Å². The predicted molar refractivity (Wildman–Crippen MR) is 105 cm³/mol. The third kappa shape index (κ3) is 5.02. The first kappa shape index (κ1) is 19.3. The van der Waals surface area contributed by atoms with Crippen LogP contribution in [0.15, 0.2) is 59.1 Å². The molecule has 0 atom stereocenters. The molecule has 0 unspecified atom stereocenters. The van der Waals surface area contributed by atoms with E-state index in [0.29, 0.717) is 27.2 Å². The van der Waals surface area contributed by atoms with Crippen LogP contribution in [0.1, 0.15) is 19.5 Å². The average molecular weight is 405 g/mol. The second-order valence-corrected chi connectivity index (χ2v) is 7.31. The first-order chi connectivity index (χ1) is 12.8. The summed E-state index contributed by atoms with van der Waals surface area (Å²) in [6.07, 6.45) is 0. The predicted octanol–water partition coefficient (Wildman–Crippen LogP) is 5.12. The van der Waals surface area contributed by atoms with E-state index >= 15 is 0 Å². The fourth-order valence-electron chi connectivity index (χ4n) is 2.37. The Hall–Kier alpha value is -2.50. The van der Waals surface area contributed by atoms with Crippen LogP contribution in [0.3, 0.4) is 0 Å². The Morgan fingerprint density at radius 1 is 1.07 bits per heavy atom. The molecule has 1 heterocycles. The highest BCUT2D eigenvalue weighted by molar-refractivity contribution is 6.30. The highest BCUT2D eigenvalue weighted by Gasteiger charge is 2.30. The van der Waals surface area contributed by atoms with Crippen molar-refractivity contribution in [1.29, 1.82) is 0 Å². The molecule has 0 saturated heterocycles. The van der Waals surface area contributed by atoms with E-state index in [0.717, 1.165) is 5.56 Å². The maximum Gasteiger partial charge on any atom is 0.263 e. The number of hydrogen-bond acceptors (Lipinski definition) is 4. The zero-order chi connectivity index (χ0) is 19.4. The minimum absolute atomic E-state index is 0.226. The molecule has 1 aromatic heterocycles. The topological polar surface area (TPSA) is 64.4 Å². The first-order valence-electron chi connectivity index (χ1n) is 8.28. The lowest BCUT2D eigenvalue weighted by Gasteiger charge is -2.25. The summed E-state index contributed by atoms with van der Waals surface area (Å²) in [6.45, 7) is 3.61. The molecule has 0 aliphatic heterocycles. The van der Waals surface area contributed by atoms with Gasteiger partial charge in [-0.1, -0.05) is 28.4 Å². The van der Waals surface area contributed by atoms with E-state index in [4.69, 9.17) is 32.5 Å². The lowest BCUT2D eigenvalue weighted by atomic mass is 10.1. The molecule has 2 aromatic carbocycles. The molecule has 0 bridgehead atoms. The number of carbonyl (C=O) groups excluding carboxylic acids is 1. The molecular formula is C20H18Cl2N2O3. The molecule has 0 aliphatic rings. The van der Waals surface area contributed by atoms with Crippen molar-refractivity contribution >= 4 is 29.1 Å². The third-order valence-corrected chi connectivity index (χ3v) is 4.36. The van der Waals surface area contributed by atoms with Gasteiger partial charge in [-0.15, -0.1) is 0 Å². The van der Waals surface area contributed by atoms with Crippen LogP contribution in [0.5, 0.6) is 5.75 Å². The van der Waals surface area contributed by atoms with Crippen LogP contribution >= 0.6 is 23.2 Å². The van der Waals surface area contributed by atoms with Gasteiger partial charge in [-0.3, -0.25) is 4.79 Å². The number of carbonyl (C=O) groups is 1. The average Bonchev–Trinajstić information content (AvgIpc) is 3.11. The van der Waals surface area contributed by atoms with Crippen LogP contribution in [-0.2, 0) is 11.3 Å². The number of hydrogen-bond donors (Lipinski definition) is 1. The van der Waals surface area contributed by atoms with Crippen LogP contribution in [0.4, 0.5) is 0 Å². The first-order valence-corrected chi connectivity index (χ1v) is 9.03. The third-order valence-electron chi connectivity index (χ3n) is 3.85. The van der Waals surface area contributed by atoms with Gasteiger partial charge in [-0.25, -0.2) is 0 Å². The fourth-order valence-corrected chi connectivity index (χ4v) is 2.62. The zero-order valence-electron chi connectivity index (χ0n) is 14.8. The second kappa shape index (κ2) is 8.03. The quantitative estimate of drug-likeness (QED) is 0.618. The van der Waals surface area contributed by atoms with Gasteiger partial charge in [0.2, 0.25) is 0 Å². The fraction of sp³-hybridized carbons (Fsp3) is 0.200. The van der Waals surface area contributed by atoms with Crippen LogP contribution in [-0.4, -0.2) is 16.7 Å². The van der Waals surface area contributed by atoms with Crippen molar-refractivity contribution in [2.24, 2.45) is 0 Å². The van der Waals surface area contributed by atoms with Gasteiger partial charge in [0.05, 0.1) is 6.54 Å². The number of rotatable bonds is 6. The molecule has 3 aromatic rings. The van der Waals surface area contributed by atoms with Crippen molar-refractivity contribution in [1.82, 2.24) is 10.5 Å². The molecule has 0 radical (unpaired) electrons. The Bertz CT molecular complexity index is 919. The molecule has 0 fully saturated rings. The largest absolute Gasteiger partial charge is 0.478 e. The Labute approximate surface area is 167 Å². The maximum atomic E-state index is 12.5. The van der Waals surface area contributed by atoms with E-state index in [1.807, 2.05) is 12.1 Å². The van der Waals surface area contributed by atoms with Crippen molar-refractivity contribution in [2.45, 2.75) is 26.0 Å². The van der Waals surface area contributed by atoms with Crippen molar-refractivity contribution in [3.63, 3.8) is 0 Å². The van der Waals surface area contributed by atoms with Gasteiger partial charge in [-0.05, 0) is 62.4 Å². The maximum absolute atomic E-state index is 12.5. The number of aromatic nitrogens is 1. The summed E-state index contributed by atoms with van der Waals surface area (Å²) in [5, 5.41) is 8.05. The van der Waals surface area contributed by atoms with Gasteiger partial charge < -0.3 is 14.6 Å². The SMILES string of the molecule is CC(C)(Oc1ccc(Cl)cc1)C(=O)NCc1cc(-c2ccc(Cl)cc2)on1. The van der Waals surface area contributed by atoms with Gasteiger partial charge in [0, 0.05) is 21.7 Å². The smallest absolute Gasteiger partial charge is 0.263 e. The lowest BCUT2D eigenvalue weighted by molar-refractivity contribution is -0.134. The molecular weight excluding hydrogens is 387 g/mol. The summed E-state index contributed by atoms with van der Waals surface area (Å²) in [7, 11) is 0. The van der Waals surface area contributed by atoms with E-state index in [-0.39, 0.29) is 12.5 Å². The van der Waals surface area contributed by atoms with Crippen LogP contribution in [0, 0.1) is 0 Å². The molecule has 7 heteroatoms. The Morgan fingerprint density at radius 2 is 1.67 bits per heavy atom. The molecule has 3 rings (SSSR count). The molecule has 1 amide bonds. The molecule has 1 N–H and O–H groups in total. The van der Waals surface area contributed by atoms with Crippen LogP contribution in [0.2, 0.25) is 10.0 Å². The summed E-state index contributed by atoms with van der Waals surface area (Å²) in [4.78, 5) is 12.5. The van der Waals surface area contributed by atoms with E-state index in [9.17, 15) is 4.79 Å². The normalized spacial score (nSPS) is 11.3. The lowest BCUT2D eigenvalue weighted by Crippen LogP contribution is -2.46. The molecule has 27 heavy (non-hydrogen) atoms. The minimum atomic E-state index is -1.06. The number of amides is 1. The van der Waals surface area contributed by atoms with Gasteiger partial charge in [-0.2, -0.15) is 0 Å². The molecule has 0 aliphatic carbocycles. The highest BCUT2D eigenvalue weighted by atomic mass is 35.5. The standard InChI is InChI=1S/C20H18Cl2N2O3/c1-20(2,26-17-9-7-15(22)8-10-17)19(25)23-12-16-11-18(27-24-16)13-3-5-14(21)6-4-13/h3-11H,12H2,1-2H3,(H,23,25). The summed E-state index contributed by atoms with van der Waals surface area (Å²) >= 11 is 11.7.